The molecule has 2 atom stereocenters. The van der Waals surface area contributed by atoms with Crippen LogP contribution in [0.5, 0.6) is 0 Å². The predicted octanol–water partition coefficient (Wildman–Crippen LogP) is 6.08. The molecule has 1 aliphatic carbocycles. The monoisotopic (exact) mass is 362 g/mol. The molecule has 0 amide bonds. The molecule has 0 unspecified atom stereocenters. The summed E-state index contributed by atoms with van der Waals surface area (Å²) in [6, 6.07) is 24.2. The van der Waals surface area contributed by atoms with Crippen LogP contribution in [-0.2, 0) is 12.8 Å². The van der Waals surface area contributed by atoms with Crippen molar-refractivity contribution in [1.82, 2.24) is 0 Å². The minimum Gasteiger partial charge on any atom is -0.396 e. The number of hydrogen-bond acceptors (Lipinski definition) is 2. The lowest BCUT2D eigenvalue weighted by Gasteiger charge is -2.07. The Morgan fingerprint density at radius 1 is 0.808 bits per heavy atom. The molecule has 0 radical (unpaired) electrons. The van der Waals surface area contributed by atoms with Crippen molar-refractivity contribution in [3.63, 3.8) is 0 Å². The molecule has 0 aliphatic heterocycles. The summed E-state index contributed by atoms with van der Waals surface area (Å²) in [5.41, 5.74) is 3.97. The van der Waals surface area contributed by atoms with Crippen LogP contribution in [0, 0.1) is 5.92 Å². The molecule has 0 spiro atoms. The Labute approximate surface area is 160 Å². The van der Waals surface area contributed by atoms with Crippen molar-refractivity contribution >= 4 is 11.3 Å². The molecule has 1 heterocycles. The molecule has 1 saturated carbocycles. The van der Waals surface area contributed by atoms with E-state index < -0.39 is 0 Å². The van der Waals surface area contributed by atoms with Gasteiger partial charge in [-0.2, -0.15) is 0 Å². The van der Waals surface area contributed by atoms with Crippen LogP contribution in [0.15, 0.2) is 66.7 Å². The molecular weight excluding hydrogens is 336 g/mol. The van der Waals surface area contributed by atoms with Crippen LogP contribution in [0.4, 0.5) is 0 Å². The number of aliphatic hydroxyl groups excluding tert-OH is 1. The third kappa shape index (κ3) is 4.08. The lowest BCUT2D eigenvalue weighted by Crippen LogP contribution is -1.99. The van der Waals surface area contributed by atoms with E-state index in [0.29, 0.717) is 18.4 Å². The first kappa shape index (κ1) is 17.5. The van der Waals surface area contributed by atoms with Gasteiger partial charge in [0.2, 0.25) is 0 Å². The van der Waals surface area contributed by atoms with Crippen LogP contribution in [0.1, 0.15) is 40.5 Å². The highest BCUT2D eigenvalue weighted by Gasteiger charge is 2.26. The van der Waals surface area contributed by atoms with Gasteiger partial charge in [0.15, 0.2) is 0 Å². The minimum atomic E-state index is 0.355. The summed E-state index contributed by atoms with van der Waals surface area (Å²) < 4.78 is 0. The summed E-state index contributed by atoms with van der Waals surface area (Å²) in [6.45, 7) is 0.355. The molecular formula is C24H26OS. The van der Waals surface area contributed by atoms with Crippen LogP contribution < -0.4 is 0 Å². The summed E-state index contributed by atoms with van der Waals surface area (Å²) in [7, 11) is 0. The van der Waals surface area contributed by atoms with Crippen LogP contribution in [0.2, 0.25) is 0 Å². The number of benzene rings is 2. The highest BCUT2D eigenvalue weighted by atomic mass is 32.1. The average Bonchev–Trinajstić information content (AvgIpc) is 3.37. The molecule has 1 aromatic heterocycles. The van der Waals surface area contributed by atoms with Gasteiger partial charge in [0, 0.05) is 16.4 Å². The first-order chi connectivity index (χ1) is 12.8. The number of aryl methyl sites for hydroxylation is 2. The van der Waals surface area contributed by atoms with Crippen molar-refractivity contribution in [2.45, 2.75) is 38.0 Å². The van der Waals surface area contributed by atoms with E-state index in [-0.39, 0.29) is 0 Å². The highest BCUT2D eigenvalue weighted by Crippen LogP contribution is 2.40. The lowest BCUT2D eigenvalue weighted by molar-refractivity contribution is 0.229. The normalized spacial score (nSPS) is 19.7. The Bertz CT molecular complexity index is 819. The lowest BCUT2D eigenvalue weighted by atomic mass is 10.0. The summed E-state index contributed by atoms with van der Waals surface area (Å²) in [4.78, 5) is 3.01. The van der Waals surface area contributed by atoms with E-state index in [4.69, 9.17) is 0 Å². The molecule has 1 nitrogen and oxygen atoms in total. The Morgan fingerprint density at radius 2 is 1.58 bits per heavy atom. The van der Waals surface area contributed by atoms with Gasteiger partial charge in [0.1, 0.15) is 0 Å². The fourth-order valence-electron chi connectivity index (χ4n) is 4.01. The maximum atomic E-state index is 9.34. The van der Waals surface area contributed by atoms with Crippen molar-refractivity contribution in [1.29, 1.82) is 0 Å². The van der Waals surface area contributed by atoms with Gasteiger partial charge in [-0.1, -0.05) is 54.6 Å². The molecule has 3 aromatic rings. The Hall–Kier alpha value is -1.90. The molecule has 134 valence electrons. The second kappa shape index (κ2) is 8.20. The average molecular weight is 363 g/mol. The van der Waals surface area contributed by atoms with Crippen LogP contribution >= 0.6 is 11.3 Å². The zero-order valence-electron chi connectivity index (χ0n) is 15.1. The van der Waals surface area contributed by atoms with Crippen molar-refractivity contribution in [2.24, 2.45) is 5.92 Å². The van der Waals surface area contributed by atoms with Gasteiger partial charge in [-0.25, -0.2) is 0 Å². The standard InChI is InChI=1S/C24H26OS/c25-17-19-8-12-22(16-19)24-15-14-23(26-24)13-9-18-6-10-21(11-7-18)20-4-2-1-3-5-20/h1-7,10-11,14-15,19,22,25H,8-9,12-13,16-17H2/t19-,22-/m0/s1. The molecule has 1 fully saturated rings. The third-order valence-corrected chi connectivity index (χ3v) is 6.91. The second-order valence-corrected chi connectivity index (χ2v) is 8.63. The van der Waals surface area contributed by atoms with E-state index in [2.05, 4.69) is 66.7 Å². The summed E-state index contributed by atoms with van der Waals surface area (Å²) in [5.74, 6) is 1.20. The van der Waals surface area contributed by atoms with Crippen molar-refractivity contribution in [3.05, 3.63) is 82.0 Å². The second-order valence-electron chi connectivity index (χ2n) is 7.43. The molecule has 2 aromatic carbocycles. The van der Waals surface area contributed by atoms with Gasteiger partial charge in [-0.3, -0.25) is 0 Å². The summed E-state index contributed by atoms with van der Waals surface area (Å²) >= 11 is 1.98. The van der Waals surface area contributed by atoms with Crippen molar-refractivity contribution < 1.29 is 5.11 Å². The zero-order chi connectivity index (χ0) is 17.8. The van der Waals surface area contributed by atoms with E-state index in [0.717, 1.165) is 19.3 Å². The third-order valence-electron chi connectivity index (χ3n) is 5.61. The molecule has 0 bridgehead atoms. The van der Waals surface area contributed by atoms with E-state index in [1.165, 1.54) is 39.3 Å². The molecule has 4 rings (SSSR count). The smallest absolute Gasteiger partial charge is 0.0459 e. The molecule has 26 heavy (non-hydrogen) atoms. The van der Waals surface area contributed by atoms with Gasteiger partial charge < -0.3 is 5.11 Å². The van der Waals surface area contributed by atoms with Gasteiger partial charge >= 0.3 is 0 Å². The van der Waals surface area contributed by atoms with Gasteiger partial charge in [-0.05, 0) is 72.8 Å². The Balaban J connectivity index is 1.34. The molecule has 1 N–H and O–H groups in total. The minimum absolute atomic E-state index is 0.355. The van der Waals surface area contributed by atoms with Crippen LogP contribution in [0.25, 0.3) is 11.1 Å². The first-order valence-electron chi connectivity index (χ1n) is 9.65. The topological polar surface area (TPSA) is 20.2 Å². The summed E-state index contributed by atoms with van der Waals surface area (Å²) in [6.07, 6.45) is 5.80. The first-order valence-corrected chi connectivity index (χ1v) is 10.5. The van der Waals surface area contributed by atoms with E-state index in [1.54, 1.807) is 0 Å². The number of thiophene rings is 1. The van der Waals surface area contributed by atoms with Crippen LogP contribution in [0.3, 0.4) is 0 Å². The fourth-order valence-corrected chi connectivity index (χ4v) is 5.17. The number of rotatable bonds is 6. The van der Waals surface area contributed by atoms with Gasteiger partial charge in [0.25, 0.3) is 0 Å². The predicted molar refractivity (Wildman–Crippen MR) is 111 cm³/mol. The number of hydrogen-bond donors (Lipinski definition) is 1. The van der Waals surface area contributed by atoms with E-state index >= 15 is 0 Å². The highest BCUT2D eigenvalue weighted by molar-refractivity contribution is 7.12. The fraction of sp³-hybridized carbons (Fsp3) is 0.333. The zero-order valence-corrected chi connectivity index (χ0v) is 15.9. The number of aliphatic hydroxyl groups is 1. The van der Waals surface area contributed by atoms with Gasteiger partial charge in [0.05, 0.1) is 0 Å². The Kier molecular flexibility index (Phi) is 5.52. The van der Waals surface area contributed by atoms with Crippen molar-refractivity contribution in [2.75, 3.05) is 6.61 Å². The van der Waals surface area contributed by atoms with Gasteiger partial charge in [-0.15, -0.1) is 11.3 Å². The van der Waals surface area contributed by atoms with Crippen molar-refractivity contribution in [3.8, 4) is 11.1 Å². The van der Waals surface area contributed by atoms with E-state index in [9.17, 15) is 5.11 Å². The largest absolute Gasteiger partial charge is 0.396 e. The maximum Gasteiger partial charge on any atom is 0.0459 e. The maximum absolute atomic E-state index is 9.34. The quantitative estimate of drug-likeness (QED) is 0.564. The summed E-state index contributed by atoms with van der Waals surface area (Å²) in [5, 5.41) is 9.34. The SMILES string of the molecule is OC[C@H]1CC[C@H](c2ccc(CCc3ccc(-c4ccccc4)cc3)s2)C1. The van der Waals surface area contributed by atoms with E-state index in [1.807, 2.05) is 11.3 Å². The Morgan fingerprint density at radius 3 is 2.31 bits per heavy atom. The molecule has 1 aliphatic rings. The molecule has 0 saturated heterocycles. The molecule has 2 heteroatoms. The van der Waals surface area contributed by atoms with Crippen LogP contribution in [-0.4, -0.2) is 11.7 Å².